The van der Waals surface area contributed by atoms with Crippen molar-refractivity contribution >= 4 is 0 Å². The van der Waals surface area contributed by atoms with Gasteiger partial charge in [0.15, 0.2) is 0 Å². The molecule has 0 unspecified atom stereocenters. The minimum Gasteiger partial charge on any atom is -0.366 e. The topological polar surface area (TPSA) is 9.23 Å². The maximum Gasteiger partial charge on any atom is 0.108 e. The molecule has 0 aromatic heterocycles. The fourth-order valence-corrected chi connectivity index (χ4v) is 3.28. The maximum absolute atomic E-state index is 6.39. The van der Waals surface area contributed by atoms with Gasteiger partial charge in [0.1, 0.15) is 6.10 Å². The monoisotopic (exact) mass is 303 g/mol. The van der Waals surface area contributed by atoms with E-state index in [0.29, 0.717) is 6.61 Å². The third-order valence-corrected chi connectivity index (χ3v) is 4.33. The van der Waals surface area contributed by atoms with Crippen LogP contribution in [0.1, 0.15) is 78.4 Å². The number of rotatable bonds is 8. The van der Waals surface area contributed by atoms with Gasteiger partial charge >= 0.3 is 0 Å². The van der Waals surface area contributed by atoms with Crippen molar-refractivity contribution in [3.8, 4) is 0 Å². The number of unbranched alkanes of at least 4 members (excludes halogenated alkanes) is 2. The first-order valence-electron chi connectivity index (χ1n) is 8.73. The van der Waals surface area contributed by atoms with Crippen molar-refractivity contribution in [2.45, 2.75) is 80.8 Å². The molecule has 1 rings (SSSR count). The molecule has 125 valence electrons. The highest BCUT2D eigenvalue weighted by molar-refractivity contribution is 5.25. The van der Waals surface area contributed by atoms with Crippen molar-refractivity contribution in [2.24, 2.45) is 10.8 Å². The second-order valence-electron chi connectivity index (χ2n) is 8.14. The molecule has 1 aromatic carbocycles. The highest BCUT2D eigenvalue weighted by atomic mass is 16.5. The van der Waals surface area contributed by atoms with Gasteiger partial charge in [-0.15, -0.1) is 0 Å². The summed E-state index contributed by atoms with van der Waals surface area (Å²) in [4.78, 5) is 0. The number of ether oxygens (including phenoxy) is 1. The van der Waals surface area contributed by atoms with E-state index in [2.05, 4.69) is 72.7 Å². The smallest absolute Gasteiger partial charge is 0.108 e. The lowest BCUT2D eigenvalue weighted by Gasteiger charge is -2.41. The van der Waals surface area contributed by atoms with Gasteiger partial charge in [-0.2, -0.15) is 0 Å². The number of hydrogen-bond acceptors (Lipinski definition) is 1. The van der Waals surface area contributed by atoms with Gasteiger partial charge in [0.25, 0.3) is 0 Å². The van der Waals surface area contributed by atoms with Gasteiger partial charge in [-0.25, -0.2) is 0 Å². The van der Waals surface area contributed by atoms with Gasteiger partial charge in [-0.3, -0.25) is 0 Å². The van der Waals surface area contributed by atoms with Crippen LogP contribution in [0.25, 0.3) is 0 Å². The van der Waals surface area contributed by atoms with Gasteiger partial charge in [0.2, 0.25) is 0 Å². The van der Waals surface area contributed by atoms with E-state index in [1.54, 1.807) is 0 Å². The molecule has 0 saturated heterocycles. The Kier molecular flexibility index (Phi) is 7.12. The van der Waals surface area contributed by atoms with Crippen molar-refractivity contribution in [3.63, 3.8) is 0 Å². The van der Waals surface area contributed by atoms with Gasteiger partial charge in [0, 0.05) is 0 Å². The zero-order chi connectivity index (χ0) is 16.8. The van der Waals surface area contributed by atoms with Crippen LogP contribution in [0.15, 0.2) is 24.3 Å². The average molecular weight is 304 g/mol. The van der Waals surface area contributed by atoms with Crippen LogP contribution in [0.4, 0.5) is 0 Å². The number of hydrogen-bond donors (Lipinski definition) is 0. The Bertz CT molecular complexity index is 439. The van der Waals surface area contributed by atoms with Crippen molar-refractivity contribution in [3.05, 3.63) is 41.5 Å². The molecule has 0 aliphatic rings. The SMILES string of the molecule is CCCCCC(C)(C)[C](OCc1ccccc1C)C(C)(C)C. The lowest BCUT2D eigenvalue weighted by molar-refractivity contribution is -0.00751. The zero-order valence-corrected chi connectivity index (χ0v) is 15.8. The first-order valence-corrected chi connectivity index (χ1v) is 8.73. The quantitative estimate of drug-likeness (QED) is 0.486. The molecule has 0 bridgehead atoms. The fraction of sp³-hybridized carbons (Fsp3) is 0.667. The highest BCUT2D eigenvalue weighted by Gasteiger charge is 2.39. The van der Waals surface area contributed by atoms with E-state index >= 15 is 0 Å². The molecule has 0 heterocycles. The summed E-state index contributed by atoms with van der Waals surface area (Å²) in [6.45, 7) is 16.6. The Morgan fingerprint density at radius 1 is 1.00 bits per heavy atom. The molecular weight excluding hydrogens is 268 g/mol. The summed E-state index contributed by atoms with van der Waals surface area (Å²) in [5.41, 5.74) is 2.78. The summed E-state index contributed by atoms with van der Waals surface area (Å²) in [7, 11) is 0. The molecule has 1 radical (unpaired) electrons. The second kappa shape index (κ2) is 8.15. The Morgan fingerprint density at radius 3 is 2.18 bits per heavy atom. The normalized spacial score (nSPS) is 12.9. The molecular formula is C21H35O. The Morgan fingerprint density at radius 2 is 1.64 bits per heavy atom. The summed E-state index contributed by atoms with van der Waals surface area (Å²) in [5, 5.41) is 0. The Labute approximate surface area is 138 Å². The van der Waals surface area contributed by atoms with Crippen molar-refractivity contribution < 1.29 is 4.74 Å². The van der Waals surface area contributed by atoms with E-state index in [1.807, 2.05) is 0 Å². The molecule has 0 aliphatic heterocycles. The van der Waals surface area contributed by atoms with Gasteiger partial charge < -0.3 is 4.74 Å². The van der Waals surface area contributed by atoms with Crippen LogP contribution in [0.2, 0.25) is 0 Å². The number of aryl methyl sites for hydroxylation is 1. The van der Waals surface area contributed by atoms with E-state index in [1.165, 1.54) is 42.9 Å². The lowest BCUT2D eigenvalue weighted by Crippen LogP contribution is -2.34. The molecule has 0 spiro atoms. The summed E-state index contributed by atoms with van der Waals surface area (Å²) in [5.74, 6) is 0. The molecule has 0 saturated carbocycles. The van der Waals surface area contributed by atoms with Crippen LogP contribution in [0.5, 0.6) is 0 Å². The van der Waals surface area contributed by atoms with Crippen LogP contribution in [-0.2, 0) is 11.3 Å². The highest BCUT2D eigenvalue weighted by Crippen LogP contribution is 2.46. The molecule has 1 heteroatoms. The minimum atomic E-state index is 0.0679. The molecule has 0 amide bonds. The maximum atomic E-state index is 6.39. The first kappa shape index (κ1) is 19.2. The Hall–Kier alpha value is -0.820. The molecule has 0 N–H and O–H groups in total. The van der Waals surface area contributed by atoms with Gasteiger partial charge in [0.05, 0.1) is 6.61 Å². The predicted octanol–water partition coefficient (Wildman–Crippen LogP) is 6.70. The summed E-state index contributed by atoms with van der Waals surface area (Å²) in [6.07, 6.45) is 6.28. The molecule has 22 heavy (non-hydrogen) atoms. The van der Waals surface area contributed by atoms with E-state index in [9.17, 15) is 0 Å². The third-order valence-electron chi connectivity index (χ3n) is 4.33. The van der Waals surface area contributed by atoms with E-state index < -0.39 is 0 Å². The van der Waals surface area contributed by atoms with E-state index in [-0.39, 0.29) is 10.8 Å². The molecule has 0 atom stereocenters. The second-order valence-corrected chi connectivity index (χ2v) is 8.14. The van der Waals surface area contributed by atoms with E-state index in [4.69, 9.17) is 4.74 Å². The molecule has 1 aromatic rings. The largest absolute Gasteiger partial charge is 0.366 e. The van der Waals surface area contributed by atoms with E-state index in [0.717, 1.165) is 0 Å². The van der Waals surface area contributed by atoms with Crippen molar-refractivity contribution in [1.29, 1.82) is 0 Å². The van der Waals surface area contributed by atoms with Crippen LogP contribution in [0, 0.1) is 23.9 Å². The van der Waals surface area contributed by atoms with Crippen LogP contribution in [-0.4, -0.2) is 0 Å². The van der Waals surface area contributed by atoms with Crippen molar-refractivity contribution in [2.75, 3.05) is 0 Å². The average Bonchev–Trinajstić information content (AvgIpc) is 2.39. The van der Waals surface area contributed by atoms with Crippen LogP contribution < -0.4 is 0 Å². The zero-order valence-electron chi connectivity index (χ0n) is 15.8. The molecule has 0 aliphatic carbocycles. The molecule has 0 fully saturated rings. The molecule has 1 nitrogen and oxygen atoms in total. The fourth-order valence-electron chi connectivity index (χ4n) is 3.28. The Balaban J connectivity index is 2.79. The van der Waals surface area contributed by atoms with Crippen molar-refractivity contribution in [1.82, 2.24) is 0 Å². The lowest BCUT2D eigenvalue weighted by atomic mass is 9.70. The third kappa shape index (κ3) is 5.76. The predicted molar refractivity (Wildman–Crippen MR) is 96.6 cm³/mol. The summed E-state index contributed by atoms with van der Waals surface area (Å²) >= 11 is 0. The van der Waals surface area contributed by atoms with Gasteiger partial charge in [-0.05, 0) is 35.3 Å². The first-order chi connectivity index (χ1) is 10.2. The minimum absolute atomic E-state index is 0.0679. The summed E-state index contributed by atoms with van der Waals surface area (Å²) < 4.78 is 6.39. The van der Waals surface area contributed by atoms with Crippen LogP contribution in [0.3, 0.4) is 0 Å². The van der Waals surface area contributed by atoms with Gasteiger partial charge in [-0.1, -0.05) is 85.1 Å². The standard InChI is InChI=1S/C21H35O/c1-8-9-12-15-21(6,7)19(20(3,4)5)22-16-18-14-11-10-13-17(18)2/h10-11,13-14H,8-9,12,15-16H2,1-7H3. The summed E-state index contributed by atoms with van der Waals surface area (Å²) in [6, 6.07) is 8.50. The number of benzene rings is 1. The van der Waals surface area contributed by atoms with Crippen LogP contribution >= 0.6 is 0 Å².